The molecule has 0 aliphatic heterocycles. The minimum atomic E-state index is -0.856. The Hall–Kier alpha value is -3.14. The van der Waals surface area contributed by atoms with Crippen molar-refractivity contribution in [2.24, 2.45) is 5.92 Å². The minimum Gasteiger partial charge on any atom is -0.443 e. The molecule has 7 heteroatoms. The van der Waals surface area contributed by atoms with Crippen LogP contribution in [0.2, 0.25) is 0 Å². The summed E-state index contributed by atoms with van der Waals surface area (Å²) in [6, 6.07) is 10.2. The number of nitrogens with one attached hydrogen (secondary N) is 1. The summed E-state index contributed by atoms with van der Waals surface area (Å²) in [7, 11) is 0. The van der Waals surface area contributed by atoms with Gasteiger partial charge in [-0.25, -0.2) is 9.48 Å². The maximum Gasteiger partial charge on any atom is 0.339 e. The van der Waals surface area contributed by atoms with Crippen LogP contribution in [-0.2, 0) is 4.74 Å². The summed E-state index contributed by atoms with van der Waals surface area (Å²) in [5.41, 5.74) is -0.380. The SMILES string of the molecule is CC(C)[C@@H](C#N)OC(=O)c1cccc(-n2[nH]c(=O)ccc2=O)c1. The van der Waals surface area contributed by atoms with Gasteiger partial charge in [0.05, 0.1) is 11.3 Å². The summed E-state index contributed by atoms with van der Waals surface area (Å²) in [6.07, 6.45) is -0.856. The lowest BCUT2D eigenvalue weighted by Crippen LogP contribution is -2.27. The number of hydrogen-bond donors (Lipinski definition) is 1. The summed E-state index contributed by atoms with van der Waals surface area (Å²) in [5, 5.41) is 11.4. The first-order chi connectivity index (χ1) is 10.9. The van der Waals surface area contributed by atoms with E-state index in [9.17, 15) is 14.4 Å². The molecule has 1 aromatic heterocycles. The predicted octanol–water partition coefficient (Wildman–Crippen LogP) is 1.23. The topological polar surface area (TPSA) is 105 Å². The largest absolute Gasteiger partial charge is 0.443 e. The number of ether oxygens (including phenoxy) is 1. The summed E-state index contributed by atoms with van der Waals surface area (Å²) in [4.78, 5) is 35.3. The van der Waals surface area contributed by atoms with E-state index in [0.717, 1.165) is 16.8 Å². The normalized spacial score (nSPS) is 11.7. The lowest BCUT2D eigenvalue weighted by molar-refractivity contribution is 0.0325. The van der Waals surface area contributed by atoms with Crippen molar-refractivity contribution in [2.45, 2.75) is 20.0 Å². The zero-order valence-corrected chi connectivity index (χ0v) is 12.6. The third kappa shape index (κ3) is 3.74. The molecular formula is C16H15N3O4. The van der Waals surface area contributed by atoms with Crippen LogP contribution in [0.25, 0.3) is 5.69 Å². The van der Waals surface area contributed by atoms with E-state index >= 15 is 0 Å². The number of hydrogen-bond acceptors (Lipinski definition) is 5. The molecule has 0 saturated carbocycles. The van der Waals surface area contributed by atoms with Crippen molar-refractivity contribution in [3.8, 4) is 11.8 Å². The van der Waals surface area contributed by atoms with Gasteiger partial charge in [0.2, 0.25) is 0 Å². The molecule has 1 atom stereocenters. The van der Waals surface area contributed by atoms with Gasteiger partial charge in [-0.1, -0.05) is 19.9 Å². The Balaban J connectivity index is 2.35. The van der Waals surface area contributed by atoms with Crippen LogP contribution < -0.4 is 11.1 Å². The van der Waals surface area contributed by atoms with Crippen LogP contribution in [-0.4, -0.2) is 21.9 Å². The van der Waals surface area contributed by atoms with Crippen LogP contribution in [0.3, 0.4) is 0 Å². The molecule has 0 saturated heterocycles. The minimum absolute atomic E-state index is 0.139. The maximum atomic E-state index is 12.1. The Bertz CT molecular complexity index is 874. The van der Waals surface area contributed by atoms with E-state index < -0.39 is 23.2 Å². The molecule has 0 aliphatic carbocycles. The summed E-state index contributed by atoms with van der Waals surface area (Å²) < 4.78 is 6.16. The first-order valence-electron chi connectivity index (χ1n) is 6.96. The molecule has 1 heterocycles. The first-order valence-corrected chi connectivity index (χ1v) is 6.96. The molecule has 2 rings (SSSR count). The van der Waals surface area contributed by atoms with Crippen molar-refractivity contribution in [1.82, 2.24) is 9.78 Å². The Kier molecular flexibility index (Phi) is 4.76. The van der Waals surface area contributed by atoms with Gasteiger partial charge in [0, 0.05) is 18.1 Å². The van der Waals surface area contributed by atoms with E-state index in [1.807, 2.05) is 6.07 Å². The highest BCUT2D eigenvalue weighted by Gasteiger charge is 2.19. The third-order valence-corrected chi connectivity index (χ3v) is 3.13. The lowest BCUT2D eigenvalue weighted by atomic mass is 10.1. The number of esters is 1. The summed E-state index contributed by atoms with van der Waals surface area (Å²) >= 11 is 0. The molecule has 0 spiro atoms. The van der Waals surface area contributed by atoms with Crippen molar-refractivity contribution >= 4 is 5.97 Å². The molecule has 0 radical (unpaired) electrons. The highest BCUT2D eigenvalue weighted by atomic mass is 16.5. The number of aromatic amines is 1. The number of H-pyrrole nitrogens is 1. The second kappa shape index (κ2) is 6.75. The highest BCUT2D eigenvalue weighted by Crippen LogP contribution is 2.12. The predicted molar refractivity (Wildman–Crippen MR) is 82.3 cm³/mol. The van der Waals surface area contributed by atoms with E-state index in [2.05, 4.69) is 5.10 Å². The Labute approximate surface area is 131 Å². The van der Waals surface area contributed by atoms with E-state index in [-0.39, 0.29) is 11.5 Å². The molecule has 1 aromatic carbocycles. The van der Waals surface area contributed by atoms with Crippen LogP contribution in [0.5, 0.6) is 0 Å². The Morgan fingerprint density at radius 3 is 2.65 bits per heavy atom. The van der Waals surface area contributed by atoms with E-state index in [1.54, 1.807) is 26.0 Å². The van der Waals surface area contributed by atoms with Crippen molar-refractivity contribution < 1.29 is 9.53 Å². The van der Waals surface area contributed by atoms with Gasteiger partial charge in [0.1, 0.15) is 6.07 Å². The number of carbonyl (C=O) groups is 1. The summed E-state index contributed by atoms with van der Waals surface area (Å²) in [5.74, 6) is -0.807. The van der Waals surface area contributed by atoms with E-state index in [4.69, 9.17) is 10.00 Å². The van der Waals surface area contributed by atoms with Gasteiger partial charge in [-0.05, 0) is 18.2 Å². The van der Waals surface area contributed by atoms with Crippen LogP contribution in [0, 0.1) is 17.2 Å². The molecule has 23 heavy (non-hydrogen) atoms. The monoisotopic (exact) mass is 313 g/mol. The van der Waals surface area contributed by atoms with Gasteiger partial charge in [-0.2, -0.15) is 5.26 Å². The van der Waals surface area contributed by atoms with Crippen molar-refractivity contribution in [3.63, 3.8) is 0 Å². The van der Waals surface area contributed by atoms with Gasteiger partial charge >= 0.3 is 5.97 Å². The molecule has 7 nitrogen and oxygen atoms in total. The van der Waals surface area contributed by atoms with Crippen molar-refractivity contribution in [3.05, 3.63) is 62.7 Å². The highest BCUT2D eigenvalue weighted by molar-refractivity contribution is 5.90. The van der Waals surface area contributed by atoms with Crippen LogP contribution in [0.4, 0.5) is 0 Å². The second-order valence-corrected chi connectivity index (χ2v) is 5.23. The molecule has 118 valence electrons. The average Bonchev–Trinajstić information content (AvgIpc) is 2.54. The number of nitrogens with zero attached hydrogens (tertiary/aromatic N) is 2. The van der Waals surface area contributed by atoms with Gasteiger partial charge in [0.25, 0.3) is 11.1 Å². The van der Waals surface area contributed by atoms with Gasteiger partial charge < -0.3 is 4.74 Å². The van der Waals surface area contributed by atoms with E-state index in [1.165, 1.54) is 12.1 Å². The maximum absolute atomic E-state index is 12.1. The molecular weight excluding hydrogens is 298 g/mol. The van der Waals surface area contributed by atoms with Crippen molar-refractivity contribution in [2.75, 3.05) is 0 Å². The standard InChI is InChI=1S/C16H15N3O4/c1-10(2)13(9-17)23-16(22)11-4-3-5-12(8-11)19-15(21)7-6-14(20)18-19/h3-8,10,13H,1-2H3,(H,18,20)/t13-/m1/s1. The fourth-order valence-corrected chi connectivity index (χ4v) is 1.88. The molecule has 0 amide bonds. The molecule has 1 N–H and O–H groups in total. The number of nitriles is 1. The fraction of sp³-hybridized carbons (Fsp3) is 0.250. The fourth-order valence-electron chi connectivity index (χ4n) is 1.88. The Morgan fingerprint density at radius 1 is 1.26 bits per heavy atom. The quantitative estimate of drug-likeness (QED) is 0.855. The molecule has 0 fully saturated rings. The average molecular weight is 313 g/mol. The van der Waals surface area contributed by atoms with Gasteiger partial charge in [-0.3, -0.25) is 14.7 Å². The van der Waals surface area contributed by atoms with Crippen LogP contribution in [0.15, 0.2) is 46.0 Å². The van der Waals surface area contributed by atoms with Gasteiger partial charge in [-0.15, -0.1) is 0 Å². The van der Waals surface area contributed by atoms with E-state index in [0.29, 0.717) is 5.69 Å². The molecule has 0 aliphatic rings. The molecule has 0 bridgehead atoms. The zero-order valence-electron chi connectivity index (χ0n) is 12.6. The smallest absolute Gasteiger partial charge is 0.339 e. The molecule has 0 unspecified atom stereocenters. The van der Waals surface area contributed by atoms with Crippen LogP contribution >= 0.6 is 0 Å². The second-order valence-electron chi connectivity index (χ2n) is 5.23. The number of rotatable bonds is 4. The first kappa shape index (κ1) is 16.2. The zero-order chi connectivity index (χ0) is 17.0. The lowest BCUT2D eigenvalue weighted by Gasteiger charge is -2.14. The van der Waals surface area contributed by atoms with Crippen LogP contribution in [0.1, 0.15) is 24.2 Å². The number of benzene rings is 1. The Morgan fingerprint density at radius 2 is 2.00 bits per heavy atom. The van der Waals surface area contributed by atoms with Crippen molar-refractivity contribution in [1.29, 1.82) is 5.26 Å². The number of carbonyl (C=O) groups excluding carboxylic acids is 1. The molecule has 2 aromatic rings. The third-order valence-electron chi connectivity index (χ3n) is 3.13. The number of aromatic nitrogens is 2. The van der Waals surface area contributed by atoms with Gasteiger partial charge in [0.15, 0.2) is 6.10 Å². The summed E-state index contributed by atoms with van der Waals surface area (Å²) in [6.45, 7) is 3.54.